The number of carbonyl (C=O) groups is 1. The first-order chi connectivity index (χ1) is 13.3. The van der Waals surface area contributed by atoms with E-state index in [1.54, 1.807) is 7.11 Å². The molecule has 0 aliphatic heterocycles. The molecule has 2 aromatic carbocycles. The van der Waals surface area contributed by atoms with E-state index < -0.39 is 17.8 Å². The molecule has 0 saturated heterocycles. The maximum atomic E-state index is 12.7. The second-order valence-corrected chi connectivity index (χ2v) is 6.99. The summed E-state index contributed by atoms with van der Waals surface area (Å²) in [5.74, 6) is 0.537. The van der Waals surface area contributed by atoms with Crippen LogP contribution in [0.5, 0.6) is 5.75 Å². The van der Waals surface area contributed by atoms with Crippen LogP contribution in [0.3, 0.4) is 0 Å². The number of hydrogen-bond donors (Lipinski definition) is 1. The van der Waals surface area contributed by atoms with Crippen LogP contribution in [0.15, 0.2) is 48.5 Å². The van der Waals surface area contributed by atoms with Crippen molar-refractivity contribution in [2.45, 2.75) is 44.6 Å². The Bertz CT molecular complexity index is 800. The molecule has 1 atom stereocenters. The largest absolute Gasteiger partial charge is 0.497 e. The van der Waals surface area contributed by atoms with Crippen LogP contribution in [0.25, 0.3) is 0 Å². The molecule has 3 rings (SSSR count). The number of halogens is 3. The summed E-state index contributed by atoms with van der Waals surface area (Å²) in [5.41, 5.74) is 0.685. The normalized spacial score (nSPS) is 15.4. The number of benzene rings is 2. The molecule has 1 amide bonds. The van der Waals surface area contributed by atoms with Crippen molar-refractivity contribution >= 4 is 11.6 Å². The standard InChI is InChI=1S/C21H23F3N2O2/c1-14(20(27)25-17-7-5-16(6-8-17)21(22,23)24)26(18-9-10-18)13-15-3-11-19(28-2)12-4-15/h3-8,11-12,14,18H,9-10,13H2,1-2H3,(H,25,27)/t14-/m0/s1. The van der Waals surface area contributed by atoms with Gasteiger partial charge in [0, 0.05) is 18.3 Å². The number of methoxy groups -OCH3 is 1. The lowest BCUT2D eigenvalue weighted by Crippen LogP contribution is -2.43. The number of amides is 1. The Balaban J connectivity index is 1.65. The Labute approximate surface area is 162 Å². The zero-order valence-electron chi connectivity index (χ0n) is 15.8. The lowest BCUT2D eigenvalue weighted by molar-refractivity contribution is -0.137. The minimum atomic E-state index is -4.39. The Morgan fingerprint density at radius 2 is 1.75 bits per heavy atom. The van der Waals surface area contributed by atoms with Gasteiger partial charge in [-0.15, -0.1) is 0 Å². The van der Waals surface area contributed by atoms with Gasteiger partial charge in [0.2, 0.25) is 5.91 Å². The van der Waals surface area contributed by atoms with Gasteiger partial charge in [-0.3, -0.25) is 9.69 Å². The zero-order chi connectivity index (χ0) is 20.3. The maximum absolute atomic E-state index is 12.7. The van der Waals surface area contributed by atoms with Crippen LogP contribution in [0.2, 0.25) is 0 Å². The van der Waals surface area contributed by atoms with Gasteiger partial charge in [-0.2, -0.15) is 13.2 Å². The van der Waals surface area contributed by atoms with Crippen LogP contribution < -0.4 is 10.1 Å². The molecule has 1 aliphatic rings. The van der Waals surface area contributed by atoms with Gasteiger partial charge < -0.3 is 10.1 Å². The van der Waals surface area contributed by atoms with E-state index in [0.717, 1.165) is 36.3 Å². The molecule has 1 N–H and O–H groups in total. The third-order valence-corrected chi connectivity index (χ3v) is 4.90. The van der Waals surface area contributed by atoms with Crippen molar-refractivity contribution in [2.75, 3.05) is 12.4 Å². The second kappa shape index (κ2) is 8.22. The van der Waals surface area contributed by atoms with Crippen LogP contribution in [0.4, 0.5) is 18.9 Å². The Morgan fingerprint density at radius 1 is 1.14 bits per heavy atom. The minimum absolute atomic E-state index is 0.236. The molecule has 1 saturated carbocycles. The number of hydrogen-bond acceptors (Lipinski definition) is 3. The van der Waals surface area contributed by atoms with Crippen LogP contribution in [-0.4, -0.2) is 30.0 Å². The van der Waals surface area contributed by atoms with E-state index in [0.29, 0.717) is 18.3 Å². The highest BCUT2D eigenvalue weighted by Gasteiger charge is 2.35. The summed E-state index contributed by atoms with van der Waals surface area (Å²) in [6.07, 6.45) is -2.32. The van der Waals surface area contributed by atoms with Gasteiger partial charge in [-0.25, -0.2) is 0 Å². The molecule has 0 unspecified atom stereocenters. The van der Waals surface area contributed by atoms with Gasteiger partial charge in [-0.05, 0) is 61.7 Å². The predicted octanol–water partition coefficient (Wildman–Crippen LogP) is 4.71. The fourth-order valence-corrected chi connectivity index (χ4v) is 3.07. The summed E-state index contributed by atoms with van der Waals surface area (Å²) < 4.78 is 43.2. The van der Waals surface area contributed by atoms with Crippen molar-refractivity contribution in [3.8, 4) is 5.75 Å². The molecule has 0 bridgehead atoms. The quantitative estimate of drug-likeness (QED) is 0.742. The van der Waals surface area contributed by atoms with E-state index in [9.17, 15) is 18.0 Å². The first kappa shape index (κ1) is 20.2. The molecule has 0 spiro atoms. The number of nitrogens with zero attached hydrogens (tertiary/aromatic N) is 1. The number of carbonyl (C=O) groups excluding carboxylic acids is 1. The van der Waals surface area contributed by atoms with Gasteiger partial charge in [0.05, 0.1) is 18.7 Å². The Morgan fingerprint density at radius 3 is 2.25 bits per heavy atom. The van der Waals surface area contributed by atoms with Crippen molar-refractivity contribution < 1.29 is 22.7 Å². The summed E-state index contributed by atoms with van der Waals surface area (Å²) in [6, 6.07) is 12.1. The molecule has 2 aromatic rings. The molecule has 0 aromatic heterocycles. The van der Waals surface area contributed by atoms with Crippen molar-refractivity contribution in [3.63, 3.8) is 0 Å². The van der Waals surface area contributed by atoms with E-state index >= 15 is 0 Å². The molecule has 0 heterocycles. The lowest BCUT2D eigenvalue weighted by atomic mass is 10.1. The van der Waals surface area contributed by atoms with Crippen molar-refractivity contribution in [2.24, 2.45) is 0 Å². The van der Waals surface area contributed by atoms with E-state index in [-0.39, 0.29) is 5.91 Å². The molecule has 28 heavy (non-hydrogen) atoms. The van der Waals surface area contributed by atoms with Crippen molar-refractivity contribution in [1.82, 2.24) is 4.90 Å². The molecule has 1 aliphatic carbocycles. The Hall–Kier alpha value is -2.54. The topological polar surface area (TPSA) is 41.6 Å². The molecule has 150 valence electrons. The fraction of sp³-hybridized carbons (Fsp3) is 0.381. The summed E-state index contributed by atoms with van der Waals surface area (Å²) in [6.45, 7) is 2.44. The van der Waals surface area contributed by atoms with Crippen LogP contribution in [-0.2, 0) is 17.5 Å². The summed E-state index contributed by atoms with van der Waals surface area (Å²) >= 11 is 0. The van der Waals surface area contributed by atoms with E-state index in [1.807, 2.05) is 31.2 Å². The van der Waals surface area contributed by atoms with Crippen molar-refractivity contribution in [3.05, 3.63) is 59.7 Å². The molecule has 4 nitrogen and oxygen atoms in total. The van der Waals surface area contributed by atoms with Crippen LogP contribution in [0, 0.1) is 0 Å². The van der Waals surface area contributed by atoms with Gasteiger partial charge in [-0.1, -0.05) is 12.1 Å². The number of anilines is 1. The van der Waals surface area contributed by atoms with Crippen molar-refractivity contribution in [1.29, 1.82) is 0 Å². The highest BCUT2D eigenvalue weighted by atomic mass is 19.4. The maximum Gasteiger partial charge on any atom is 0.416 e. The monoisotopic (exact) mass is 392 g/mol. The minimum Gasteiger partial charge on any atom is -0.497 e. The summed E-state index contributed by atoms with van der Waals surface area (Å²) in [7, 11) is 1.61. The fourth-order valence-electron chi connectivity index (χ4n) is 3.07. The van der Waals surface area contributed by atoms with Gasteiger partial charge in [0.25, 0.3) is 0 Å². The molecular weight excluding hydrogens is 369 g/mol. The summed E-state index contributed by atoms with van der Waals surface area (Å²) in [4.78, 5) is 14.8. The first-order valence-corrected chi connectivity index (χ1v) is 9.14. The number of rotatable bonds is 7. The SMILES string of the molecule is COc1ccc(CN(C2CC2)[C@@H](C)C(=O)Nc2ccc(C(F)(F)F)cc2)cc1. The molecule has 1 fully saturated rings. The molecular formula is C21H23F3N2O2. The molecule has 0 radical (unpaired) electrons. The predicted molar refractivity (Wildman–Crippen MR) is 101 cm³/mol. The Kier molecular flexibility index (Phi) is 5.93. The van der Waals surface area contributed by atoms with E-state index in [2.05, 4.69) is 10.2 Å². The highest BCUT2D eigenvalue weighted by Crippen LogP contribution is 2.32. The second-order valence-electron chi connectivity index (χ2n) is 6.99. The smallest absolute Gasteiger partial charge is 0.416 e. The third kappa shape index (κ3) is 5.04. The van der Waals surface area contributed by atoms with E-state index in [4.69, 9.17) is 4.74 Å². The van der Waals surface area contributed by atoms with Gasteiger partial charge in [0.1, 0.15) is 5.75 Å². The zero-order valence-corrected chi connectivity index (χ0v) is 15.8. The van der Waals surface area contributed by atoms with E-state index in [1.165, 1.54) is 12.1 Å². The lowest BCUT2D eigenvalue weighted by Gasteiger charge is -2.28. The van der Waals surface area contributed by atoms with Gasteiger partial charge >= 0.3 is 6.18 Å². The first-order valence-electron chi connectivity index (χ1n) is 9.14. The van der Waals surface area contributed by atoms with Crippen LogP contribution >= 0.6 is 0 Å². The van der Waals surface area contributed by atoms with Gasteiger partial charge in [0.15, 0.2) is 0 Å². The number of ether oxygens (including phenoxy) is 1. The highest BCUT2D eigenvalue weighted by molar-refractivity contribution is 5.94. The summed E-state index contributed by atoms with van der Waals surface area (Å²) in [5, 5.41) is 2.72. The average Bonchev–Trinajstić information content (AvgIpc) is 3.51. The average molecular weight is 392 g/mol. The third-order valence-electron chi connectivity index (χ3n) is 4.90. The number of alkyl halides is 3. The number of nitrogens with one attached hydrogen (secondary N) is 1. The van der Waals surface area contributed by atoms with Crippen LogP contribution in [0.1, 0.15) is 30.9 Å². The molecule has 7 heteroatoms.